The number of nitrogens with one attached hydrogen (secondary N) is 1. The lowest BCUT2D eigenvalue weighted by Gasteiger charge is -2.38. The summed E-state index contributed by atoms with van der Waals surface area (Å²) in [5, 5.41) is 12.1. The molecule has 1 saturated heterocycles. The van der Waals surface area contributed by atoms with Gasteiger partial charge in [0.05, 0.1) is 13.2 Å². The number of fused-ring (bicyclic) bond motifs is 3. The summed E-state index contributed by atoms with van der Waals surface area (Å²) in [6.07, 6.45) is -1.17. The molecule has 2 aromatic rings. The van der Waals surface area contributed by atoms with Crippen molar-refractivity contribution in [3.8, 4) is 11.1 Å². The van der Waals surface area contributed by atoms with Crippen LogP contribution in [-0.2, 0) is 23.8 Å². The minimum absolute atomic E-state index is 0.0358. The molecule has 0 saturated carbocycles. The summed E-state index contributed by atoms with van der Waals surface area (Å²) in [5.74, 6) is -1.50. The van der Waals surface area contributed by atoms with E-state index in [2.05, 4.69) is 29.6 Å². The molecule has 1 fully saturated rings. The number of carboxylic acid groups (broad SMARTS) is 1. The number of aliphatic carboxylic acids is 1. The Morgan fingerprint density at radius 3 is 2.37 bits per heavy atom. The third-order valence-electron chi connectivity index (χ3n) is 6.62. The first-order valence-electron chi connectivity index (χ1n) is 11.6. The summed E-state index contributed by atoms with van der Waals surface area (Å²) in [5.41, 5.74) is 3.11. The zero-order valence-electron chi connectivity index (χ0n) is 19.9. The third kappa shape index (κ3) is 5.16. The second-order valence-corrected chi connectivity index (χ2v) is 8.91. The molecule has 2 atom stereocenters. The van der Waals surface area contributed by atoms with Gasteiger partial charge < -0.3 is 29.5 Å². The van der Waals surface area contributed by atoms with Crippen LogP contribution in [-0.4, -0.2) is 79.6 Å². The van der Waals surface area contributed by atoms with Gasteiger partial charge in [0, 0.05) is 32.5 Å². The van der Waals surface area contributed by atoms with Crippen molar-refractivity contribution >= 4 is 18.0 Å². The zero-order chi connectivity index (χ0) is 25.0. The Hall–Kier alpha value is -3.43. The monoisotopic (exact) mass is 482 g/mol. The van der Waals surface area contributed by atoms with Crippen molar-refractivity contribution in [3.05, 3.63) is 59.7 Å². The predicted molar refractivity (Wildman–Crippen MR) is 127 cm³/mol. The van der Waals surface area contributed by atoms with Crippen LogP contribution < -0.4 is 5.32 Å². The Balaban J connectivity index is 1.28. The minimum atomic E-state index is -1.45. The van der Waals surface area contributed by atoms with Crippen molar-refractivity contribution in [2.24, 2.45) is 0 Å². The lowest BCUT2D eigenvalue weighted by Crippen LogP contribution is -2.58. The molecule has 2 aliphatic rings. The molecule has 1 aliphatic heterocycles. The molecule has 4 rings (SSSR count). The van der Waals surface area contributed by atoms with E-state index in [0.717, 1.165) is 22.3 Å². The Bertz CT molecular complexity index is 1060. The van der Waals surface area contributed by atoms with Crippen LogP contribution >= 0.6 is 0 Å². The van der Waals surface area contributed by atoms with E-state index in [1.54, 1.807) is 0 Å². The fourth-order valence-corrected chi connectivity index (χ4v) is 4.69. The molecule has 35 heavy (non-hydrogen) atoms. The van der Waals surface area contributed by atoms with E-state index in [1.165, 1.54) is 18.9 Å². The number of ether oxygens (including phenoxy) is 3. The van der Waals surface area contributed by atoms with Crippen molar-refractivity contribution in [1.82, 2.24) is 10.2 Å². The average Bonchev–Trinajstić information content (AvgIpc) is 3.18. The Kier molecular flexibility index (Phi) is 7.37. The summed E-state index contributed by atoms with van der Waals surface area (Å²) in [4.78, 5) is 38.1. The average molecular weight is 483 g/mol. The van der Waals surface area contributed by atoms with Crippen molar-refractivity contribution in [2.75, 3.05) is 40.0 Å². The Morgan fingerprint density at radius 2 is 1.77 bits per heavy atom. The van der Waals surface area contributed by atoms with Gasteiger partial charge in [-0.15, -0.1) is 0 Å². The summed E-state index contributed by atoms with van der Waals surface area (Å²) in [6.45, 7) is 2.15. The van der Waals surface area contributed by atoms with Crippen LogP contribution in [0.2, 0.25) is 0 Å². The number of morpholine rings is 1. The minimum Gasteiger partial charge on any atom is -0.479 e. The van der Waals surface area contributed by atoms with E-state index in [0.29, 0.717) is 0 Å². The molecule has 9 nitrogen and oxygen atoms in total. The molecule has 2 unspecified atom stereocenters. The zero-order valence-corrected chi connectivity index (χ0v) is 19.9. The molecule has 1 aliphatic carbocycles. The standard InChI is InChI=1S/C26H30N2O7/c1-26(24(30)31)16-28(13-14-35-26)23(29)22(33-2)11-12-27-25(32)34-15-21-19-9-5-3-7-17(19)18-8-4-6-10-20(18)21/h3-10,21-22H,11-16H2,1-2H3,(H,27,32)(H,30,31). The van der Waals surface area contributed by atoms with Gasteiger partial charge in [0.25, 0.3) is 5.91 Å². The normalized spacial score (nSPS) is 20.0. The highest BCUT2D eigenvalue weighted by molar-refractivity contribution is 5.83. The number of benzene rings is 2. The molecule has 0 aromatic heterocycles. The van der Waals surface area contributed by atoms with Crippen molar-refractivity contribution < 1.29 is 33.7 Å². The maximum absolute atomic E-state index is 12.9. The number of nitrogens with zero attached hydrogens (tertiary/aromatic N) is 1. The number of alkyl carbamates (subject to hydrolysis) is 1. The maximum atomic E-state index is 12.9. The van der Waals surface area contributed by atoms with E-state index in [4.69, 9.17) is 14.2 Å². The van der Waals surface area contributed by atoms with Crippen LogP contribution in [0.3, 0.4) is 0 Å². The number of hydrogen-bond acceptors (Lipinski definition) is 6. The van der Waals surface area contributed by atoms with Gasteiger partial charge in [0.2, 0.25) is 0 Å². The van der Waals surface area contributed by atoms with Crippen molar-refractivity contribution in [3.63, 3.8) is 0 Å². The van der Waals surface area contributed by atoms with Gasteiger partial charge in [-0.3, -0.25) is 4.79 Å². The fraction of sp³-hybridized carbons (Fsp3) is 0.423. The molecular weight excluding hydrogens is 452 g/mol. The Morgan fingerprint density at radius 1 is 1.14 bits per heavy atom. The Labute approximate surface area is 204 Å². The molecule has 2 amide bonds. The molecule has 9 heteroatoms. The second kappa shape index (κ2) is 10.5. The first-order chi connectivity index (χ1) is 16.8. The molecule has 0 radical (unpaired) electrons. The van der Waals surface area contributed by atoms with Gasteiger partial charge in [0.15, 0.2) is 5.60 Å². The van der Waals surface area contributed by atoms with Gasteiger partial charge in [-0.05, 0) is 29.2 Å². The number of carboxylic acids is 1. The van der Waals surface area contributed by atoms with Crippen LogP contribution in [0, 0.1) is 0 Å². The predicted octanol–water partition coefficient (Wildman–Crippen LogP) is 2.63. The molecule has 0 spiro atoms. The number of carbonyl (C=O) groups excluding carboxylic acids is 2. The van der Waals surface area contributed by atoms with Crippen molar-refractivity contribution in [2.45, 2.75) is 31.0 Å². The van der Waals surface area contributed by atoms with Gasteiger partial charge in [-0.25, -0.2) is 9.59 Å². The number of carbonyl (C=O) groups is 3. The van der Waals surface area contributed by atoms with E-state index in [1.807, 2.05) is 24.3 Å². The maximum Gasteiger partial charge on any atom is 0.407 e. The molecule has 0 bridgehead atoms. The summed E-state index contributed by atoms with van der Waals surface area (Å²) >= 11 is 0. The lowest BCUT2D eigenvalue weighted by atomic mass is 9.98. The topological polar surface area (TPSA) is 114 Å². The fourth-order valence-electron chi connectivity index (χ4n) is 4.69. The quantitative estimate of drug-likeness (QED) is 0.594. The molecular formula is C26H30N2O7. The van der Waals surface area contributed by atoms with E-state index >= 15 is 0 Å². The van der Waals surface area contributed by atoms with Crippen molar-refractivity contribution in [1.29, 1.82) is 0 Å². The largest absolute Gasteiger partial charge is 0.479 e. The van der Waals surface area contributed by atoms with E-state index < -0.39 is 23.8 Å². The van der Waals surface area contributed by atoms with Crippen LogP contribution in [0.5, 0.6) is 0 Å². The number of rotatable bonds is 8. The first kappa shape index (κ1) is 24.7. The molecule has 2 N–H and O–H groups in total. The third-order valence-corrected chi connectivity index (χ3v) is 6.62. The van der Waals surface area contributed by atoms with Crippen LogP contribution in [0.25, 0.3) is 11.1 Å². The highest BCUT2D eigenvalue weighted by atomic mass is 16.5. The highest BCUT2D eigenvalue weighted by Crippen LogP contribution is 2.44. The van der Waals surface area contributed by atoms with Gasteiger partial charge in [-0.1, -0.05) is 48.5 Å². The summed E-state index contributed by atoms with van der Waals surface area (Å²) in [6, 6.07) is 16.2. The van der Waals surface area contributed by atoms with E-state index in [9.17, 15) is 19.5 Å². The highest BCUT2D eigenvalue weighted by Gasteiger charge is 2.42. The first-order valence-corrected chi connectivity index (χ1v) is 11.6. The summed E-state index contributed by atoms with van der Waals surface area (Å²) < 4.78 is 16.2. The molecule has 2 aromatic carbocycles. The molecule has 186 valence electrons. The van der Waals surface area contributed by atoms with Crippen LogP contribution in [0.1, 0.15) is 30.4 Å². The number of hydrogen-bond donors (Lipinski definition) is 2. The number of amides is 2. The SMILES string of the molecule is COC(CCNC(=O)OCC1c2ccccc2-c2ccccc21)C(=O)N1CCOC(C)(C(=O)O)C1. The van der Waals surface area contributed by atoms with Gasteiger partial charge in [-0.2, -0.15) is 0 Å². The van der Waals surface area contributed by atoms with Gasteiger partial charge in [0.1, 0.15) is 12.7 Å². The number of methoxy groups -OCH3 is 1. The second-order valence-electron chi connectivity index (χ2n) is 8.91. The smallest absolute Gasteiger partial charge is 0.407 e. The van der Waals surface area contributed by atoms with E-state index in [-0.39, 0.29) is 51.1 Å². The van der Waals surface area contributed by atoms with Crippen LogP contribution in [0.15, 0.2) is 48.5 Å². The van der Waals surface area contributed by atoms with Gasteiger partial charge >= 0.3 is 12.1 Å². The summed E-state index contributed by atoms with van der Waals surface area (Å²) in [7, 11) is 1.41. The lowest BCUT2D eigenvalue weighted by molar-refractivity contribution is -0.179. The molecule has 1 heterocycles. The van der Waals surface area contributed by atoms with Crippen LogP contribution in [0.4, 0.5) is 4.79 Å².